The Balaban J connectivity index is 3.24. The Hall–Kier alpha value is -1.31. The van der Waals surface area contributed by atoms with Gasteiger partial charge in [-0.2, -0.15) is 0 Å². The molecule has 1 N–H and O–H groups in total. The lowest BCUT2D eigenvalue weighted by atomic mass is 10.2. The highest BCUT2D eigenvalue weighted by molar-refractivity contribution is 6.83. The molecule has 0 aliphatic heterocycles. The van der Waals surface area contributed by atoms with E-state index in [1.165, 1.54) is 12.3 Å². The zero-order valence-electron chi connectivity index (χ0n) is 9.13. The molecule has 0 aliphatic carbocycles. The SMILES string of the molecule is C[Si](C)(C)C#Cc1c(CO)occc1=O. The fourth-order valence-electron chi connectivity index (χ4n) is 0.955. The first-order valence-electron chi connectivity index (χ1n) is 4.69. The molecule has 0 aromatic carbocycles. The molecule has 1 heterocycles. The average Bonchev–Trinajstić information content (AvgIpc) is 2.14. The van der Waals surface area contributed by atoms with Crippen LogP contribution in [0.5, 0.6) is 0 Å². The molecule has 15 heavy (non-hydrogen) atoms. The van der Waals surface area contributed by atoms with Gasteiger partial charge in [0, 0.05) is 6.07 Å². The lowest BCUT2D eigenvalue weighted by molar-refractivity contribution is 0.243. The maximum atomic E-state index is 11.5. The number of hydrogen-bond acceptors (Lipinski definition) is 3. The molecule has 0 unspecified atom stereocenters. The van der Waals surface area contributed by atoms with E-state index in [9.17, 15) is 4.79 Å². The van der Waals surface area contributed by atoms with Gasteiger partial charge in [0.15, 0.2) is 0 Å². The van der Waals surface area contributed by atoms with Gasteiger partial charge in [0.1, 0.15) is 26.0 Å². The van der Waals surface area contributed by atoms with E-state index in [0.29, 0.717) is 0 Å². The van der Waals surface area contributed by atoms with E-state index < -0.39 is 8.07 Å². The lowest BCUT2D eigenvalue weighted by Gasteiger charge is -2.03. The van der Waals surface area contributed by atoms with Crippen molar-refractivity contribution in [1.29, 1.82) is 0 Å². The quantitative estimate of drug-likeness (QED) is 0.576. The molecule has 80 valence electrons. The molecule has 0 spiro atoms. The van der Waals surface area contributed by atoms with Crippen molar-refractivity contribution in [2.75, 3.05) is 0 Å². The molecule has 1 rings (SSSR count). The molecule has 4 heteroatoms. The Morgan fingerprint density at radius 1 is 1.47 bits per heavy atom. The summed E-state index contributed by atoms with van der Waals surface area (Å²) in [6.07, 6.45) is 1.27. The molecule has 1 aromatic heterocycles. The predicted molar refractivity (Wildman–Crippen MR) is 61.1 cm³/mol. The van der Waals surface area contributed by atoms with E-state index >= 15 is 0 Å². The van der Waals surface area contributed by atoms with Gasteiger partial charge in [-0.1, -0.05) is 25.6 Å². The average molecular weight is 222 g/mol. The predicted octanol–water partition coefficient (Wildman–Crippen LogP) is 1.36. The number of hydrogen-bond donors (Lipinski definition) is 1. The van der Waals surface area contributed by atoms with Crippen LogP contribution < -0.4 is 5.43 Å². The second kappa shape index (κ2) is 4.47. The standard InChI is InChI=1S/C11H14O3Si/c1-15(2,3)7-5-9-10(13)4-6-14-11(9)8-12/h4,6,12H,8H2,1-3H3. The van der Waals surface area contributed by atoms with Crippen LogP contribution in [0, 0.1) is 11.5 Å². The molecule has 0 amide bonds. The van der Waals surface area contributed by atoms with Gasteiger partial charge < -0.3 is 9.52 Å². The number of aliphatic hydroxyl groups excluding tert-OH is 1. The first kappa shape index (κ1) is 11.8. The minimum absolute atomic E-state index is 0.198. The third kappa shape index (κ3) is 3.39. The van der Waals surface area contributed by atoms with Gasteiger partial charge in [0.05, 0.1) is 6.26 Å². The number of aliphatic hydroxyl groups is 1. The Morgan fingerprint density at radius 2 is 2.13 bits per heavy atom. The Kier molecular flexibility index (Phi) is 3.51. The van der Waals surface area contributed by atoms with Crippen molar-refractivity contribution in [2.45, 2.75) is 26.2 Å². The van der Waals surface area contributed by atoms with Crippen LogP contribution >= 0.6 is 0 Å². The zero-order chi connectivity index (χ0) is 11.5. The summed E-state index contributed by atoms with van der Waals surface area (Å²) >= 11 is 0. The van der Waals surface area contributed by atoms with Crippen molar-refractivity contribution in [3.8, 4) is 11.5 Å². The summed E-state index contributed by atoms with van der Waals surface area (Å²) in [4.78, 5) is 11.5. The van der Waals surface area contributed by atoms with E-state index in [0.717, 1.165) is 0 Å². The minimum atomic E-state index is -1.52. The largest absolute Gasteiger partial charge is 0.465 e. The fourth-order valence-corrected chi connectivity index (χ4v) is 1.46. The van der Waals surface area contributed by atoms with Crippen molar-refractivity contribution >= 4 is 8.07 Å². The van der Waals surface area contributed by atoms with Gasteiger partial charge in [0.2, 0.25) is 5.43 Å². The highest BCUT2D eigenvalue weighted by Gasteiger charge is 2.10. The minimum Gasteiger partial charge on any atom is -0.465 e. The van der Waals surface area contributed by atoms with Crippen molar-refractivity contribution in [3.05, 3.63) is 33.9 Å². The summed E-state index contributed by atoms with van der Waals surface area (Å²) in [6.45, 7) is 5.96. The van der Waals surface area contributed by atoms with Gasteiger partial charge in [-0.05, 0) is 0 Å². The molecular formula is C11H14O3Si. The van der Waals surface area contributed by atoms with Crippen molar-refractivity contribution in [2.24, 2.45) is 0 Å². The third-order valence-electron chi connectivity index (χ3n) is 1.66. The molecule has 1 aromatic rings. The maximum Gasteiger partial charge on any atom is 0.200 e. The normalized spacial score (nSPS) is 10.7. The van der Waals surface area contributed by atoms with Gasteiger partial charge in [-0.15, -0.1) is 5.54 Å². The summed E-state index contributed by atoms with van der Waals surface area (Å²) in [5.74, 6) is 3.06. The lowest BCUT2D eigenvalue weighted by Crippen LogP contribution is -2.17. The van der Waals surface area contributed by atoms with E-state index in [1.807, 2.05) is 0 Å². The molecule has 0 aliphatic rings. The van der Waals surface area contributed by atoms with Gasteiger partial charge in [-0.25, -0.2) is 0 Å². The van der Waals surface area contributed by atoms with E-state index in [-0.39, 0.29) is 23.4 Å². The summed E-state index contributed by atoms with van der Waals surface area (Å²) in [5, 5.41) is 8.98. The zero-order valence-corrected chi connectivity index (χ0v) is 10.1. The topological polar surface area (TPSA) is 50.4 Å². The van der Waals surface area contributed by atoms with E-state index in [2.05, 4.69) is 31.1 Å². The summed E-state index contributed by atoms with van der Waals surface area (Å²) < 4.78 is 5.02. The smallest absolute Gasteiger partial charge is 0.200 e. The van der Waals surface area contributed by atoms with Gasteiger partial charge in [0.25, 0.3) is 0 Å². The molecule has 0 saturated heterocycles. The van der Waals surface area contributed by atoms with Crippen LogP contribution in [0.25, 0.3) is 0 Å². The second-order valence-corrected chi connectivity index (χ2v) is 8.99. The van der Waals surface area contributed by atoms with Crippen LogP contribution in [0.15, 0.2) is 21.5 Å². The highest BCUT2D eigenvalue weighted by Crippen LogP contribution is 2.03. The molecule has 0 fully saturated rings. The van der Waals surface area contributed by atoms with Crippen LogP contribution in [0.1, 0.15) is 11.3 Å². The van der Waals surface area contributed by atoms with Crippen molar-refractivity contribution in [1.82, 2.24) is 0 Å². The van der Waals surface area contributed by atoms with E-state index in [1.54, 1.807) is 0 Å². The number of rotatable bonds is 1. The fraction of sp³-hybridized carbons (Fsp3) is 0.364. The summed E-state index contributed by atoms with van der Waals surface area (Å²) in [7, 11) is -1.52. The monoisotopic (exact) mass is 222 g/mol. The van der Waals surface area contributed by atoms with Crippen LogP contribution in [-0.2, 0) is 6.61 Å². The molecule has 0 bridgehead atoms. The van der Waals surface area contributed by atoms with Gasteiger partial charge in [-0.3, -0.25) is 4.79 Å². The summed E-state index contributed by atoms with van der Waals surface area (Å²) in [5.41, 5.74) is 3.15. The van der Waals surface area contributed by atoms with Crippen LogP contribution in [0.3, 0.4) is 0 Å². The Morgan fingerprint density at radius 3 is 2.67 bits per heavy atom. The Bertz CT molecular complexity index is 457. The van der Waals surface area contributed by atoms with Crippen LogP contribution in [0.4, 0.5) is 0 Å². The maximum absolute atomic E-state index is 11.5. The Labute approximate surface area is 89.8 Å². The highest BCUT2D eigenvalue weighted by atomic mass is 28.3. The summed E-state index contributed by atoms with van der Waals surface area (Å²) in [6, 6.07) is 1.31. The molecule has 3 nitrogen and oxygen atoms in total. The van der Waals surface area contributed by atoms with Crippen molar-refractivity contribution in [3.63, 3.8) is 0 Å². The molecular weight excluding hydrogens is 208 g/mol. The van der Waals surface area contributed by atoms with Crippen LogP contribution in [0.2, 0.25) is 19.6 Å². The molecule has 0 atom stereocenters. The van der Waals surface area contributed by atoms with E-state index in [4.69, 9.17) is 9.52 Å². The van der Waals surface area contributed by atoms with Crippen molar-refractivity contribution < 1.29 is 9.52 Å². The molecule has 0 radical (unpaired) electrons. The van der Waals surface area contributed by atoms with Crippen LogP contribution in [-0.4, -0.2) is 13.2 Å². The van der Waals surface area contributed by atoms with Gasteiger partial charge >= 0.3 is 0 Å². The first-order valence-corrected chi connectivity index (χ1v) is 8.19. The first-order chi connectivity index (χ1) is 6.94. The third-order valence-corrected chi connectivity index (χ3v) is 2.54. The second-order valence-electron chi connectivity index (χ2n) is 4.24. The molecule has 0 saturated carbocycles.